The zero-order chi connectivity index (χ0) is 17.8. The number of hydrogen-bond acceptors (Lipinski definition) is 4. The van der Waals surface area contributed by atoms with E-state index in [0.29, 0.717) is 29.8 Å². The van der Waals surface area contributed by atoms with Crippen molar-refractivity contribution >= 4 is 7.60 Å². The van der Waals surface area contributed by atoms with E-state index >= 15 is 0 Å². The van der Waals surface area contributed by atoms with Crippen LogP contribution in [0.1, 0.15) is 59.3 Å². The molecule has 3 saturated carbocycles. The van der Waals surface area contributed by atoms with Crippen molar-refractivity contribution in [2.75, 3.05) is 20.4 Å². The van der Waals surface area contributed by atoms with Crippen LogP contribution in [0.2, 0.25) is 0 Å². The van der Waals surface area contributed by atoms with Crippen LogP contribution in [0.3, 0.4) is 0 Å². The molecular formula is C19H35O4P. The van der Waals surface area contributed by atoms with Crippen molar-refractivity contribution in [2.45, 2.75) is 65.4 Å². The maximum Gasteiger partial charge on any atom is 0.330 e. The van der Waals surface area contributed by atoms with Crippen molar-refractivity contribution in [1.29, 1.82) is 0 Å². The average Bonchev–Trinajstić information content (AvgIpc) is 3.04. The largest absolute Gasteiger partial charge is 0.393 e. The summed E-state index contributed by atoms with van der Waals surface area (Å²) in [5, 5.41) is 11.1. The van der Waals surface area contributed by atoms with Gasteiger partial charge in [0.15, 0.2) is 0 Å². The molecule has 0 aliphatic heterocycles. The van der Waals surface area contributed by atoms with Crippen LogP contribution >= 0.6 is 7.60 Å². The minimum atomic E-state index is -3.04. The lowest BCUT2D eigenvalue weighted by molar-refractivity contribution is -0.0228. The van der Waals surface area contributed by atoms with Crippen molar-refractivity contribution < 1.29 is 18.7 Å². The Morgan fingerprint density at radius 3 is 2.46 bits per heavy atom. The smallest absolute Gasteiger partial charge is 0.330 e. The van der Waals surface area contributed by atoms with Crippen molar-refractivity contribution in [1.82, 2.24) is 0 Å². The van der Waals surface area contributed by atoms with Crippen LogP contribution in [0.25, 0.3) is 0 Å². The standard InChI is InChI=1S/C19H35O4P/c1-18(2)10-6-11-19(3)14-8-7-13(16(14)18)17(19)15(20)9-12-24(21,22-4)23-5/h13-17,20H,6-12H2,1-5H3/t13-,14+,15-,16-,17+,19-/m0/s1. The lowest BCUT2D eigenvalue weighted by atomic mass is 9.62. The van der Waals surface area contributed by atoms with Gasteiger partial charge in [-0.05, 0) is 66.6 Å². The fourth-order valence-electron chi connectivity index (χ4n) is 6.93. The normalized spacial score (nSPS) is 42.1. The summed E-state index contributed by atoms with van der Waals surface area (Å²) < 4.78 is 22.4. The van der Waals surface area contributed by atoms with E-state index in [2.05, 4.69) is 20.8 Å². The molecule has 140 valence electrons. The Labute approximate surface area is 147 Å². The molecule has 0 amide bonds. The molecule has 24 heavy (non-hydrogen) atoms. The molecule has 0 saturated heterocycles. The molecule has 5 heteroatoms. The molecule has 3 rings (SSSR count). The molecule has 0 radical (unpaired) electrons. The number of hydrogen-bond donors (Lipinski definition) is 1. The summed E-state index contributed by atoms with van der Waals surface area (Å²) in [6, 6.07) is 0. The maximum absolute atomic E-state index is 12.3. The van der Waals surface area contributed by atoms with Crippen LogP contribution in [0, 0.1) is 34.5 Å². The first-order chi connectivity index (χ1) is 11.2. The molecule has 3 fully saturated rings. The van der Waals surface area contributed by atoms with Gasteiger partial charge in [-0.15, -0.1) is 0 Å². The van der Waals surface area contributed by atoms with Gasteiger partial charge in [0.2, 0.25) is 0 Å². The molecule has 1 N–H and O–H groups in total. The van der Waals surface area contributed by atoms with Crippen LogP contribution in [-0.4, -0.2) is 31.6 Å². The SMILES string of the molecule is COP(=O)(CC[C@H](O)[C@H]1[C@H]2CC[C@@H]3[C@H]2C(C)(C)CCC[C@]13C)OC. The molecule has 3 aliphatic rings. The third kappa shape index (κ3) is 2.82. The zero-order valence-electron chi connectivity index (χ0n) is 16.0. The molecule has 0 spiro atoms. The molecule has 0 aromatic heterocycles. The predicted molar refractivity (Wildman–Crippen MR) is 96.0 cm³/mol. The molecule has 3 aliphatic carbocycles. The fraction of sp³-hybridized carbons (Fsp3) is 1.00. The van der Waals surface area contributed by atoms with E-state index in [1.165, 1.54) is 46.3 Å². The number of aliphatic hydroxyl groups excluding tert-OH is 1. The van der Waals surface area contributed by atoms with Gasteiger partial charge in [0.25, 0.3) is 0 Å². The summed E-state index contributed by atoms with van der Waals surface area (Å²) in [5.41, 5.74) is 0.622. The van der Waals surface area contributed by atoms with Crippen LogP contribution < -0.4 is 0 Å². The quantitative estimate of drug-likeness (QED) is 0.699. The van der Waals surface area contributed by atoms with E-state index in [-0.39, 0.29) is 5.41 Å². The summed E-state index contributed by atoms with van der Waals surface area (Å²) in [6.07, 6.45) is 6.79. The monoisotopic (exact) mass is 358 g/mol. The van der Waals surface area contributed by atoms with Crippen LogP contribution in [0.4, 0.5) is 0 Å². The topological polar surface area (TPSA) is 55.8 Å². The highest BCUT2D eigenvalue weighted by molar-refractivity contribution is 7.53. The second-order valence-corrected chi connectivity index (χ2v) is 11.7. The van der Waals surface area contributed by atoms with Gasteiger partial charge in [0.1, 0.15) is 0 Å². The van der Waals surface area contributed by atoms with Gasteiger partial charge in [-0.25, -0.2) is 0 Å². The van der Waals surface area contributed by atoms with E-state index < -0.39 is 13.7 Å². The van der Waals surface area contributed by atoms with E-state index in [9.17, 15) is 9.67 Å². The first kappa shape index (κ1) is 18.9. The molecule has 0 heterocycles. The Morgan fingerprint density at radius 2 is 1.83 bits per heavy atom. The molecular weight excluding hydrogens is 323 g/mol. The van der Waals surface area contributed by atoms with E-state index in [0.717, 1.165) is 11.8 Å². The van der Waals surface area contributed by atoms with Crippen LogP contribution in [0.5, 0.6) is 0 Å². The van der Waals surface area contributed by atoms with Crippen molar-refractivity contribution in [3.05, 3.63) is 0 Å². The minimum Gasteiger partial charge on any atom is -0.393 e. The molecule has 0 aromatic rings. The maximum atomic E-state index is 12.3. The van der Waals surface area contributed by atoms with Crippen molar-refractivity contribution in [3.63, 3.8) is 0 Å². The third-order valence-electron chi connectivity index (χ3n) is 7.88. The second kappa shape index (κ2) is 6.37. The lowest BCUT2D eigenvalue weighted by Gasteiger charge is -2.44. The summed E-state index contributed by atoms with van der Waals surface area (Å²) in [7, 11) is -0.185. The molecule has 4 nitrogen and oxygen atoms in total. The van der Waals surface area contributed by atoms with Gasteiger partial charge in [-0.1, -0.05) is 27.2 Å². The number of aliphatic hydroxyl groups is 1. The van der Waals surface area contributed by atoms with Crippen molar-refractivity contribution in [3.8, 4) is 0 Å². The van der Waals surface area contributed by atoms with Crippen molar-refractivity contribution in [2.24, 2.45) is 34.5 Å². The fourth-order valence-corrected chi connectivity index (χ4v) is 8.02. The Hall–Kier alpha value is 0.110. The highest BCUT2D eigenvalue weighted by atomic mass is 31.2. The Bertz CT molecular complexity index is 511. The molecule has 4 bridgehead atoms. The third-order valence-corrected chi connectivity index (χ3v) is 9.80. The summed E-state index contributed by atoms with van der Waals surface area (Å²) in [6.45, 7) is 7.30. The lowest BCUT2D eigenvalue weighted by Crippen LogP contribution is -2.41. The minimum absolute atomic E-state index is 0.241. The number of rotatable bonds is 6. The Kier molecular flexibility index (Phi) is 5.01. The first-order valence-corrected chi connectivity index (χ1v) is 11.3. The van der Waals surface area contributed by atoms with E-state index in [4.69, 9.17) is 9.05 Å². The highest BCUT2D eigenvalue weighted by Gasteiger charge is 2.66. The Morgan fingerprint density at radius 1 is 1.17 bits per heavy atom. The molecule has 6 atom stereocenters. The molecule has 0 unspecified atom stereocenters. The van der Waals surface area contributed by atoms with Gasteiger partial charge in [0.05, 0.1) is 12.3 Å². The first-order valence-electron chi connectivity index (χ1n) is 9.57. The van der Waals surface area contributed by atoms with Gasteiger partial charge in [-0.2, -0.15) is 0 Å². The van der Waals surface area contributed by atoms with Gasteiger partial charge in [0, 0.05) is 14.2 Å². The summed E-state index contributed by atoms with van der Waals surface area (Å²) >= 11 is 0. The molecule has 0 aromatic carbocycles. The Balaban J connectivity index is 1.80. The second-order valence-electron chi connectivity index (χ2n) is 9.30. The van der Waals surface area contributed by atoms with E-state index in [1.807, 2.05) is 0 Å². The van der Waals surface area contributed by atoms with Gasteiger partial charge >= 0.3 is 7.60 Å². The summed E-state index contributed by atoms with van der Waals surface area (Å²) in [4.78, 5) is 0. The van der Waals surface area contributed by atoms with Crippen LogP contribution in [-0.2, 0) is 13.6 Å². The highest BCUT2D eigenvalue weighted by Crippen LogP contribution is 2.71. The zero-order valence-corrected chi connectivity index (χ0v) is 16.9. The van der Waals surface area contributed by atoms with Gasteiger partial charge in [-0.3, -0.25) is 4.57 Å². The average molecular weight is 358 g/mol. The summed E-state index contributed by atoms with van der Waals surface area (Å²) in [5.74, 6) is 2.44. The predicted octanol–water partition coefficient (Wildman–Crippen LogP) is 4.71. The van der Waals surface area contributed by atoms with E-state index in [1.54, 1.807) is 0 Å². The van der Waals surface area contributed by atoms with Gasteiger partial charge < -0.3 is 14.2 Å². The van der Waals surface area contributed by atoms with Crippen LogP contribution in [0.15, 0.2) is 0 Å².